The summed E-state index contributed by atoms with van der Waals surface area (Å²) in [6.07, 6.45) is 0. The minimum atomic E-state index is -3.72. The van der Waals surface area contributed by atoms with Crippen molar-refractivity contribution in [1.82, 2.24) is 0 Å². The number of alkyl halides is 1. The average Bonchev–Trinajstić information content (AvgIpc) is 2.73. The molecular weight excluding hydrogens is 566 g/mol. The molecule has 6 nitrogen and oxygen atoms in total. The summed E-state index contributed by atoms with van der Waals surface area (Å²) in [5, 5.41) is 19.2. The molecule has 0 saturated heterocycles. The number of aliphatic hydroxyl groups excluding tert-OH is 1. The van der Waals surface area contributed by atoms with E-state index in [1.807, 2.05) is 6.92 Å². The van der Waals surface area contributed by atoms with Crippen LogP contribution in [0.5, 0.6) is 0 Å². The van der Waals surface area contributed by atoms with Gasteiger partial charge in [-0.25, -0.2) is 25.6 Å². The molecule has 35 heavy (non-hydrogen) atoms. The summed E-state index contributed by atoms with van der Waals surface area (Å²) in [5.74, 6) is -1.69. The minimum absolute atomic E-state index is 0.0809. The predicted molar refractivity (Wildman–Crippen MR) is 138 cm³/mol. The molecule has 0 radical (unpaired) electrons. The number of allylic oxidation sites excluding steroid dienone is 1. The molecule has 0 saturated carbocycles. The fourth-order valence-corrected chi connectivity index (χ4v) is 5.22. The van der Waals surface area contributed by atoms with Gasteiger partial charge in [0, 0.05) is 5.33 Å². The lowest BCUT2D eigenvalue weighted by molar-refractivity contribution is 0.0211. The van der Waals surface area contributed by atoms with Crippen molar-refractivity contribution in [3.63, 3.8) is 0 Å². The van der Waals surface area contributed by atoms with E-state index in [9.17, 15) is 30.7 Å². The van der Waals surface area contributed by atoms with E-state index >= 15 is 0 Å². The van der Waals surface area contributed by atoms with E-state index in [2.05, 4.69) is 29.1 Å². The van der Waals surface area contributed by atoms with Crippen molar-refractivity contribution in [2.75, 3.05) is 23.4 Å². The summed E-state index contributed by atoms with van der Waals surface area (Å²) < 4.78 is 71.7. The molecule has 2 N–H and O–H groups in total. The second-order valence-electron chi connectivity index (χ2n) is 8.13. The Morgan fingerprint density at radius 1 is 0.857 bits per heavy atom. The van der Waals surface area contributed by atoms with E-state index in [4.69, 9.17) is 5.11 Å². The second kappa shape index (κ2) is 14.6. The van der Waals surface area contributed by atoms with E-state index in [1.54, 1.807) is 6.92 Å². The fraction of sp³-hybridized carbons (Fsp3) is 0.333. The number of sulfone groups is 2. The maximum absolute atomic E-state index is 12.6. The van der Waals surface area contributed by atoms with Crippen LogP contribution in [0.1, 0.15) is 20.8 Å². The molecule has 0 bridgehead atoms. The van der Waals surface area contributed by atoms with Crippen molar-refractivity contribution in [2.45, 2.75) is 36.2 Å². The molecule has 2 aromatic rings. The zero-order valence-electron chi connectivity index (χ0n) is 19.8. The van der Waals surface area contributed by atoms with Crippen molar-refractivity contribution in [3.05, 3.63) is 84.5 Å². The normalized spacial score (nSPS) is 12.8. The lowest BCUT2D eigenvalue weighted by Gasteiger charge is -2.19. The summed E-state index contributed by atoms with van der Waals surface area (Å²) in [7, 11) is -7.07. The molecule has 0 heterocycles. The SMILES string of the molecule is C=C(C)CBr.C=C(C)CS(=O)(=O)c1ccc(F)cc1.CC(O)(CO)CS(=O)(=O)c1ccc(F)cc1. The zero-order chi connectivity index (χ0) is 27.4. The first-order valence-corrected chi connectivity index (χ1v) is 14.5. The first-order valence-electron chi connectivity index (χ1n) is 10.1. The molecule has 0 aliphatic heterocycles. The maximum atomic E-state index is 12.6. The lowest BCUT2D eigenvalue weighted by atomic mass is 10.2. The Labute approximate surface area is 215 Å². The van der Waals surface area contributed by atoms with E-state index in [1.165, 1.54) is 24.6 Å². The lowest BCUT2D eigenvalue weighted by Crippen LogP contribution is -2.37. The minimum Gasteiger partial charge on any atom is -0.393 e. The molecule has 2 aromatic carbocycles. The highest BCUT2D eigenvalue weighted by atomic mass is 79.9. The van der Waals surface area contributed by atoms with E-state index in [-0.39, 0.29) is 15.5 Å². The molecule has 1 atom stereocenters. The first-order chi connectivity index (χ1) is 16.0. The Morgan fingerprint density at radius 3 is 1.49 bits per heavy atom. The molecule has 0 aliphatic rings. The number of benzene rings is 2. The third kappa shape index (κ3) is 13.7. The number of rotatable bonds is 8. The van der Waals surface area contributed by atoms with E-state index in [0.29, 0.717) is 5.57 Å². The number of hydrogen-bond acceptors (Lipinski definition) is 6. The number of hydrogen-bond donors (Lipinski definition) is 2. The van der Waals surface area contributed by atoms with Gasteiger partial charge < -0.3 is 10.2 Å². The topological polar surface area (TPSA) is 109 Å². The number of halogens is 3. The Morgan fingerprint density at radius 2 is 1.20 bits per heavy atom. The highest BCUT2D eigenvalue weighted by Gasteiger charge is 2.28. The van der Waals surface area contributed by atoms with Gasteiger partial charge in [0.05, 0.1) is 33.5 Å². The smallest absolute Gasteiger partial charge is 0.182 e. The molecule has 196 valence electrons. The molecule has 0 aliphatic carbocycles. The van der Waals surface area contributed by atoms with Crippen LogP contribution in [0.4, 0.5) is 8.78 Å². The van der Waals surface area contributed by atoms with Gasteiger partial charge in [-0.05, 0) is 69.3 Å². The van der Waals surface area contributed by atoms with Gasteiger partial charge in [-0.15, -0.1) is 0 Å². The third-order valence-electron chi connectivity index (χ3n) is 3.85. The zero-order valence-corrected chi connectivity index (χ0v) is 23.1. The molecule has 0 fully saturated rings. The van der Waals surface area contributed by atoms with Crippen LogP contribution in [-0.2, 0) is 19.7 Å². The van der Waals surface area contributed by atoms with Gasteiger partial charge in [0.1, 0.15) is 11.6 Å². The molecule has 2 rings (SSSR count). The van der Waals surface area contributed by atoms with Gasteiger partial charge in [0.25, 0.3) is 0 Å². The van der Waals surface area contributed by atoms with Crippen LogP contribution in [0, 0.1) is 11.6 Å². The maximum Gasteiger partial charge on any atom is 0.182 e. The molecular formula is C24H31BrF2O6S2. The van der Waals surface area contributed by atoms with E-state index < -0.39 is 49.3 Å². The third-order valence-corrected chi connectivity index (χ3v) is 8.66. The highest BCUT2D eigenvalue weighted by Crippen LogP contribution is 2.17. The van der Waals surface area contributed by atoms with Crippen molar-refractivity contribution < 1.29 is 35.8 Å². The quantitative estimate of drug-likeness (QED) is 0.264. The van der Waals surface area contributed by atoms with Gasteiger partial charge >= 0.3 is 0 Å². The van der Waals surface area contributed by atoms with Gasteiger partial charge in [-0.2, -0.15) is 0 Å². The molecule has 11 heteroatoms. The monoisotopic (exact) mass is 596 g/mol. The van der Waals surface area contributed by atoms with Crippen molar-refractivity contribution in [2.24, 2.45) is 0 Å². The Bertz CT molecular complexity index is 1180. The van der Waals surface area contributed by atoms with Crippen LogP contribution in [-0.4, -0.2) is 56.1 Å². The molecule has 0 spiro atoms. The van der Waals surface area contributed by atoms with Crippen LogP contribution in [0.2, 0.25) is 0 Å². The fourth-order valence-electron chi connectivity index (χ4n) is 2.23. The number of aliphatic hydroxyl groups is 2. The van der Waals surface area contributed by atoms with Crippen LogP contribution in [0.3, 0.4) is 0 Å². The van der Waals surface area contributed by atoms with Gasteiger partial charge in [0.15, 0.2) is 19.7 Å². The van der Waals surface area contributed by atoms with Crippen molar-refractivity contribution in [1.29, 1.82) is 0 Å². The van der Waals surface area contributed by atoms with Crippen LogP contribution in [0.25, 0.3) is 0 Å². The Kier molecular flexibility index (Phi) is 13.8. The van der Waals surface area contributed by atoms with Crippen LogP contribution in [0.15, 0.2) is 82.6 Å². The van der Waals surface area contributed by atoms with Crippen molar-refractivity contribution >= 4 is 35.6 Å². The van der Waals surface area contributed by atoms with Gasteiger partial charge in [0.2, 0.25) is 0 Å². The molecule has 0 amide bonds. The summed E-state index contributed by atoms with van der Waals surface area (Å²) in [6.45, 7) is 11.3. The summed E-state index contributed by atoms with van der Waals surface area (Å²) >= 11 is 3.21. The first kappa shape index (κ1) is 33.1. The second-order valence-corrected chi connectivity index (χ2v) is 12.7. The summed E-state index contributed by atoms with van der Waals surface area (Å²) in [4.78, 5) is 0.0459. The Hall–Kier alpha value is -1.92. The van der Waals surface area contributed by atoms with Crippen LogP contribution >= 0.6 is 15.9 Å². The molecule has 1 unspecified atom stereocenters. The predicted octanol–water partition coefficient (Wildman–Crippen LogP) is 4.48. The Balaban J connectivity index is 0.000000558. The van der Waals surface area contributed by atoms with Gasteiger partial charge in [-0.1, -0.05) is 40.2 Å². The largest absolute Gasteiger partial charge is 0.393 e. The van der Waals surface area contributed by atoms with Gasteiger partial charge in [-0.3, -0.25) is 0 Å². The molecule has 0 aromatic heterocycles. The highest BCUT2D eigenvalue weighted by molar-refractivity contribution is 9.09. The summed E-state index contributed by atoms with van der Waals surface area (Å²) in [6, 6.07) is 9.08. The average molecular weight is 598 g/mol. The standard InChI is InChI=1S/C10H13FO4S.C10H11FO2S.C4H7Br/c1-10(13,6-12)7-16(14,15)9-4-2-8(11)3-5-9;1-8(2)7-14(12,13)10-5-3-9(11)4-6-10;1-4(2)3-5/h2-5,12-13H,6-7H2,1H3;3-6H,1,7H2,2H3;1,3H2,2H3. The van der Waals surface area contributed by atoms with E-state index in [0.717, 1.165) is 41.7 Å². The van der Waals surface area contributed by atoms with Crippen LogP contribution < -0.4 is 0 Å². The van der Waals surface area contributed by atoms with Crippen molar-refractivity contribution in [3.8, 4) is 0 Å². The summed E-state index contributed by atoms with van der Waals surface area (Å²) in [5.41, 5.74) is 0.0343.